The van der Waals surface area contributed by atoms with Crippen LogP contribution in [0.2, 0.25) is 0 Å². The number of aliphatic hydroxyl groups is 1. The number of carbonyl (C=O) groups is 4. The number of hydrogen-bond acceptors (Lipinski definition) is 7. The third kappa shape index (κ3) is 10.6. The van der Waals surface area contributed by atoms with Crippen molar-refractivity contribution in [2.24, 2.45) is 11.8 Å². The minimum atomic E-state index is -0.678. The molecule has 0 aromatic rings. The summed E-state index contributed by atoms with van der Waals surface area (Å²) in [5, 5.41) is 13.9. The van der Waals surface area contributed by atoms with E-state index in [1.807, 2.05) is 0 Å². The molecule has 0 fully saturated rings. The number of rotatable bonds is 6. The van der Waals surface area contributed by atoms with Gasteiger partial charge in [-0.15, -0.1) is 0 Å². The minimum absolute atomic E-state index is 0.0166. The Morgan fingerprint density at radius 2 is 1.86 bits per heavy atom. The molecule has 9 nitrogen and oxygen atoms in total. The number of nitrogens with one attached hydrogen (secondary N) is 2. The number of esters is 2. The first-order valence-corrected chi connectivity index (χ1v) is 9.81. The molecular weight excluding hydrogens is 380 g/mol. The van der Waals surface area contributed by atoms with Crippen LogP contribution in [0, 0.1) is 11.8 Å². The predicted molar refractivity (Wildman–Crippen MR) is 104 cm³/mol. The van der Waals surface area contributed by atoms with Crippen molar-refractivity contribution in [1.82, 2.24) is 10.6 Å². The summed E-state index contributed by atoms with van der Waals surface area (Å²) < 4.78 is 10.5. The Balaban J connectivity index is 2.76. The van der Waals surface area contributed by atoms with Crippen LogP contribution in [0.3, 0.4) is 0 Å². The molecule has 3 N–H and O–H groups in total. The van der Waals surface area contributed by atoms with E-state index in [0.717, 1.165) is 0 Å². The quantitative estimate of drug-likeness (QED) is 0.427. The van der Waals surface area contributed by atoms with Crippen molar-refractivity contribution >= 4 is 23.8 Å². The highest BCUT2D eigenvalue weighted by Gasteiger charge is 2.27. The first-order chi connectivity index (χ1) is 13.6. The fourth-order valence-corrected chi connectivity index (χ4v) is 2.73. The number of aliphatic hydroxyl groups excluding tert-OH is 1. The Hall–Kier alpha value is -2.42. The fraction of sp³-hybridized carbons (Fsp3) is 0.700. The van der Waals surface area contributed by atoms with Crippen molar-refractivity contribution in [2.45, 2.75) is 52.1 Å². The summed E-state index contributed by atoms with van der Waals surface area (Å²) in [6, 6.07) is 0. The molecule has 0 saturated heterocycles. The van der Waals surface area contributed by atoms with Gasteiger partial charge in [0.2, 0.25) is 11.8 Å². The van der Waals surface area contributed by atoms with Gasteiger partial charge in [-0.1, -0.05) is 12.2 Å². The van der Waals surface area contributed by atoms with E-state index < -0.39 is 29.4 Å². The van der Waals surface area contributed by atoms with Crippen LogP contribution >= 0.6 is 0 Å². The molecule has 0 aromatic heterocycles. The zero-order valence-electron chi connectivity index (χ0n) is 17.4. The van der Waals surface area contributed by atoms with Crippen LogP contribution in [0.15, 0.2) is 12.2 Å². The van der Waals surface area contributed by atoms with Gasteiger partial charge in [-0.25, -0.2) is 0 Å². The summed E-state index contributed by atoms with van der Waals surface area (Å²) in [5.41, 5.74) is -0.643. The van der Waals surface area contributed by atoms with Crippen LogP contribution in [-0.2, 0) is 28.7 Å². The maximum atomic E-state index is 12.3. The molecule has 0 bridgehead atoms. The molecule has 2 atom stereocenters. The zero-order chi connectivity index (χ0) is 21.9. The van der Waals surface area contributed by atoms with E-state index in [2.05, 4.69) is 10.6 Å². The largest absolute Gasteiger partial charge is 0.464 e. The monoisotopic (exact) mass is 412 g/mol. The number of allylic oxidation sites excluding steroid dienone is 2. The lowest BCUT2D eigenvalue weighted by atomic mass is 9.97. The average molecular weight is 412 g/mol. The van der Waals surface area contributed by atoms with Crippen LogP contribution in [0.1, 0.15) is 46.5 Å². The molecule has 0 saturated carbocycles. The Morgan fingerprint density at radius 3 is 2.48 bits per heavy atom. The van der Waals surface area contributed by atoms with Crippen LogP contribution < -0.4 is 10.6 Å². The third-order valence-electron chi connectivity index (χ3n) is 4.06. The number of cyclic esters (lactones) is 1. The highest BCUT2D eigenvalue weighted by molar-refractivity contribution is 5.86. The number of amides is 2. The van der Waals surface area contributed by atoms with Gasteiger partial charge in [-0.05, 0) is 33.6 Å². The molecule has 0 aromatic carbocycles. The fourth-order valence-electron chi connectivity index (χ4n) is 2.73. The smallest absolute Gasteiger partial charge is 0.309 e. The van der Waals surface area contributed by atoms with Gasteiger partial charge in [0.15, 0.2) is 0 Å². The van der Waals surface area contributed by atoms with Crippen molar-refractivity contribution in [2.75, 3.05) is 26.3 Å². The van der Waals surface area contributed by atoms with Gasteiger partial charge in [0.05, 0.1) is 31.4 Å². The standard InChI is InChI=1S/C20H32N2O7/c1-20(2,3)29-17(25)13-15-7-5-4-6-14(12-16(24)21-8-10-23)18(26)22-9-11-28-19(15)27/h4-5,14-15,23H,6-13H2,1-3H3,(H,21,24)(H,22,26)/b5-4-/t14-,15-/m0/s1. The van der Waals surface area contributed by atoms with Crippen molar-refractivity contribution in [3.63, 3.8) is 0 Å². The predicted octanol–water partition coefficient (Wildman–Crippen LogP) is 0.459. The SMILES string of the molecule is CC(C)(C)OC(=O)C[C@@H]1C/C=C\C[C@@H](CC(=O)NCCO)C(=O)NCCOC1=O. The van der Waals surface area contributed by atoms with Crippen LogP contribution in [-0.4, -0.2) is 60.8 Å². The Morgan fingerprint density at radius 1 is 1.21 bits per heavy atom. The molecular formula is C20H32N2O7. The average Bonchev–Trinajstić information content (AvgIpc) is 2.62. The van der Waals surface area contributed by atoms with Crippen molar-refractivity contribution < 1.29 is 33.8 Å². The van der Waals surface area contributed by atoms with E-state index in [1.165, 1.54) is 0 Å². The molecule has 29 heavy (non-hydrogen) atoms. The highest BCUT2D eigenvalue weighted by atomic mass is 16.6. The van der Waals surface area contributed by atoms with E-state index >= 15 is 0 Å². The van der Waals surface area contributed by atoms with Gasteiger partial charge in [0, 0.05) is 13.0 Å². The molecule has 1 aliphatic rings. The van der Waals surface area contributed by atoms with Crippen molar-refractivity contribution in [1.29, 1.82) is 0 Å². The van der Waals surface area contributed by atoms with Gasteiger partial charge in [-0.2, -0.15) is 0 Å². The van der Waals surface area contributed by atoms with E-state index in [4.69, 9.17) is 14.6 Å². The maximum Gasteiger partial charge on any atom is 0.309 e. The summed E-state index contributed by atoms with van der Waals surface area (Å²) in [4.78, 5) is 48.5. The molecule has 0 aliphatic carbocycles. The summed E-state index contributed by atoms with van der Waals surface area (Å²) in [7, 11) is 0. The Bertz CT molecular complexity index is 610. The van der Waals surface area contributed by atoms with E-state index in [0.29, 0.717) is 6.42 Å². The Labute approximate surface area is 171 Å². The first-order valence-electron chi connectivity index (χ1n) is 9.81. The number of carbonyl (C=O) groups excluding carboxylic acids is 4. The van der Waals surface area contributed by atoms with Gasteiger partial charge in [0.1, 0.15) is 12.2 Å². The normalized spacial score (nSPS) is 22.3. The van der Waals surface area contributed by atoms with E-state index in [-0.39, 0.29) is 57.4 Å². The van der Waals surface area contributed by atoms with Crippen molar-refractivity contribution in [3.05, 3.63) is 12.2 Å². The van der Waals surface area contributed by atoms with Crippen LogP contribution in [0.4, 0.5) is 0 Å². The molecule has 1 rings (SSSR count). The van der Waals surface area contributed by atoms with Crippen molar-refractivity contribution in [3.8, 4) is 0 Å². The summed E-state index contributed by atoms with van der Waals surface area (Å²) in [6.07, 6.45) is 3.90. The second-order valence-corrected chi connectivity index (χ2v) is 7.86. The van der Waals surface area contributed by atoms with E-state index in [9.17, 15) is 19.2 Å². The van der Waals surface area contributed by atoms with Gasteiger partial charge < -0.3 is 25.2 Å². The van der Waals surface area contributed by atoms with Crippen LogP contribution in [0.25, 0.3) is 0 Å². The maximum absolute atomic E-state index is 12.3. The summed E-state index contributed by atoms with van der Waals surface area (Å²) in [6.45, 7) is 5.31. The topological polar surface area (TPSA) is 131 Å². The molecule has 1 heterocycles. The number of hydrogen-bond donors (Lipinski definition) is 3. The third-order valence-corrected chi connectivity index (χ3v) is 4.06. The lowest BCUT2D eigenvalue weighted by Crippen LogP contribution is -2.37. The van der Waals surface area contributed by atoms with Gasteiger partial charge in [-0.3, -0.25) is 19.2 Å². The summed E-state index contributed by atoms with van der Waals surface area (Å²) in [5.74, 6) is -2.89. The molecule has 164 valence electrons. The Kier molecular flexibility index (Phi) is 10.4. The molecule has 0 unspecified atom stereocenters. The lowest BCUT2D eigenvalue weighted by Gasteiger charge is -2.22. The zero-order valence-corrected chi connectivity index (χ0v) is 17.4. The van der Waals surface area contributed by atoms with Gasteiger partial charge >= 0.3 is 11.9 Å². The molecule has 9 heteroatoms. The number of ether oxygens (including phenoxy) is 2. The second kappa shape index (κ2) is 12.2. The minimum Gasteiger partial charge on any atom is -0.464 e. The molecule has 2 amide bonds. The molecule has 0 spiro atoms. The highest BCUT2D eigenvalue weighted by Crippen LogP contribution is 2.18. The molecule has 0 radical (unpaired) electrons. The lowest BCUT2D eigenvalue weighted by molar-refractivity contribution is -0.161. The van der Waals surface area contributed by atoms with E-state index in [1.54, 1.807) is 32.9 Å². The van der Waals surface area contributed by atoms with Crippen LogP contribution in [0.5, 0.6) is 0 Å². The first kappa shape index (κ1) is 24.6. The summed E-state index contributed by atoms with van der Waals surface area (Å²) >= 11 is 0. The van der Waals surface area contributed by atoms with Gasteiger partial charge in [0.25, 0.3) is 0 Å². The molecule has 1 aliphatic heterocycles. The second-order valence-electron chi connectivity index (χ2n) is 7.86.